The zero-order chi connectivity index (χ0) is 18.9. The van der Waals surface area contributed by atoms with Gasteiger partial charge in [-0.15, -0.1) is 0 Å². The minimum absolute atomic E-state index is 0.0158. The molecular formula is C18H17NO6S. The number of carbonyl (C=O) groups is 1. The highest BCUT2D eigenvalue weighted by atomic mass is 32.2. The van der Waals surface area contributed by atoms with E-state index in [-0.39, 0.29) is 21.9 Å². The normalized spacial score (nSPS) is 11.5. The molecule has 0 saturated heterocycles. The van der Waals surface area contributed by atoms with E-state index in [1.807, 2.05) is 6.92 Å². The van der Waals surface area contributed by atoms with E-state index >= 15 is 0 Å². The predicted molar refractivity (Wildman–Crippen MR) is 96.3 cm³/mol. The largest absolute Gasteiger partial charge is 0.494 e. The molecular weight excluding hydrogens is 358 g/mol. The van der Waals surface area contributed by atoms with Gasteiger partial charge in [-0.3, -0.25) is 4.72 Å². The number of ether oxygens (including phenoxy) is 1. The Balaban J connectivity index is 1.94. The second-order valence-electron chi connectivity index (χ2n) is 5.56. The van der Waals surface area contributed by atoms with Gasteiger partial charge >= 0.3 is 5.97 Å². The summed E-state index contributed by atoms with van der Waals surface area (Å²) in [5.74, 6) is -0.292. The van der Waals surface area contributed by atoms with Gasteiger partial charge in [0.1, 0.15) is 22.7 Å². The van der Waals surface area contributed by atoms with Gasteiger partial charge < -0.3 is 14.3 Å². The van der Waals surface area contributed by atoms with Crippen molar-refractivity contribution >= 4 is 32.6 Å². The topological polar surface area (TPSA) is 106 Å². The fourth-order valence-electron chi connectivity index (χ4n) is 2.65. The summed E-state index contributed by atoms with van der Waals surface area (Å²) in [5, 5.41) is 9.65. The molecule has 1 heterocycles. The number of aryl methyl sites for hydroxylation is 1. The number of nitrogens with one attached hydrogen (secondary N) is 1. The number of benzene rings is 2. The van der Waals surface area contributed by atoms with Crippen molar-refractivity contribution < 1.29 is 27.5 Å². The van der Waals surface area contributed by atoms with Crippen LogP contribution >= 0.6 is 0 Å². The van der Waals surface area contributed by atoms with E-state index in [2.05, 4.69) is 4.72 Å². The molecule has 0 unspecified atom stereocenters. The average molecular weight is 375 g/mol. The highest BCUT2D eigenvalue weighted by molar-refractivity contribution is 7.92. The maximum Gasteiger partial charge on any atom is 0.339 e. The zero-order valence-corrected chi connectivity index (χ0v) is 15.0. The minimum atomic E-state index is -3.82. The van der Waals surface area contributed by atoms with E-state index in [9.17, 15) is 18.3 Å². The maximum absolute atomic E-state index is 12.5. The highest BCUT2D eigenvalue weighted by Crippen LogP contribution is 2.29. The van der Waals surface area contributed by atoms with Gasteiger partial charge in [-0.2, -0.15) is 0 Å². The molecule has 136 valence electrons. The van der Waals surface area contributed by atoms with Crippen LogP contribution in [-0.4, -0.2) is 26.1 Å². The molecule has 0 atom stereocenters. The number of aromatic carboxylic acids is 1. The maximum atomic E-state index is 12.5. The van der Waals surface area contributed by atoms with Crippen LogP contribution in [0, 0.1) is 6.92 Å². The van der Waals surface area contributed by atoms with E-state index in [0.717, 1.165) is 0 Å². The Kier molecular flexibility index (Phi) is 4.60. The second kappa shape index (κ2) is 6.72. The Morgan fingerprint density at radius 2 is 1.88 bits per heavy atom. The number of fused-ring (bicyclic) bond motifs is 1. The zero-order valence-electron chi connectivity index (χ0n) is 14.1. The van der Waals surface area contributed by atoms with Crippen molar-refractivity contribution in [3.8, 4) is 5.75 Å². The first-order chi connectivity index (χ1) is 12.3. The fourth-order valence-corrected chi connectivity index (χ4v) is 3.69. The van der Waals surface area contributed by atoms with E-state index in [4.69, 9.17) is 9.15 Å². The molecule has 0 bridgehead atoms. The standard InChI is InChI=1S/C18H17NO6S/c1-3-24-13-5-7-14(8-6-13)26(22,23)19-12-4-9-16-15(10-12)17(18(20)21)11(2)25-16/h4-10,19H,3H2,1-2H3,(H,20,21). The molecule has 0 aliphatic rings. The van der Waals surface area contributed by atoms with Crippen LogP contribution in [0.2, 0.25) is 0 Å². The lowest BCUT2D eigenvalue weighted by molar-refractivity contribution is 0.0697. The number of carboxylic acids is 1. The summed E-state index contributed by atoms with van der Waals surface area (Å²) >= 11 is 0. The summed E-state index contributed by atoms with van der Waals surface area (Å²) < 4.78 is 38.2. The molecule has 0 aliphatic heterocycles. The van der Waals surface area contributed by atoms with Crippen LogP contribution in [0.25, 0.3) is 11.0 Å². The number of carboxylic acid groups (broad SMARTS) is 1. The van der Waals surface area contributed by atoms with Crippen molar-refractivity contribution in [2.24, 2.45) is 0 Å². The molecule has 0 radical (unpaired) electrons. The molecule has 0 saturated carbocycles. The van der Waals surface area contributed by atoms with E-state index in [1.165, 1.54) is 30.3 Å². The minimum Gasteiger partial charge on any atom is -0.494 e. The lowest BCUT2D eigenvalue weighted by Crippen LogP contribution is -2.12. The van der Waals surface area contributed by atoms with Gasteiger partial charge in [0.05, 0.1) is 11.5 Å². The summed E-state index contributed by atoms with van der Waals surface area (Å²) in [5.41, 5.74) is 0.640. The van der Waals surface area contributed by atoms with Gasteiger partial charge in [0.25, 0.3) is 10.0 Å². The lowest BCUT2D eigenvalue weighted by atomic mass is 10.1. The van der Waals surface area contributed by atoms with Gasteiger partial charge in [-0.05, 0) is 56.3 Å². The number of anilines is 1. The first-order valence-corrected chi connectivity index (χ1v) is 9.32. The quantitative estimate of drug-likeness (QED) is 0.681. The molecule has 0 amide bonds. The van der Waals surface area contributed by atoms with Crippen LogP contribution in [-0.2, 0) is 10.0 Å². The number of rotatable bonds is 6. The predicted octanol–water partition coefficient (Wildman–Crippen LogP) is 3.64. The first kappa shape index (κ1) is 17.8. The Bertz CT molecular complexity index is 1070. The Hall–Kier alpha value is -3.00. The van der Waals surface area contributed by atoms with E-state index < -0.39 is 16.0 Å². The summed E-state index contributed by atoms with van der Waals surface area (Å²) in [4.78, 5) is 11.5. The molecule has 3 rings (SSSR count). The Morgan fingerprint density at radius 1 is 1.19 bits per heavy atom. The third-order valence-corrected chi connectivity index (χ3v) is 5.17. The van der Waals surface area contributed by atoms with Crippen LogP contribution in [0.3, 0.4) is 0 Å². The fraction of sp³-hybridized carbons (Fsp3) is 0.167. The van der Waals surface area contributed by atoms with Gasteiger partial charge in [0, 0.05) is 11.1 Å². The summed E-state index contributed by atoms with van der Waals surface area (Å²) in [6, 6.07) is 10.5. The van der Waals surface area contributed by atoms with Crippen LogP contribution in [0.15, 0.2) is 51.8 Å². The number of hydrogen-bond acceptors (Lipinski definition) is 5. The second-order valence-corrected chi connectivity index (χ2v) is 7.24. The van der Waals surface area contributed by atoms with Crippen molar-refractivity contribution in [1.29, 1.82) is 0 Å². The highest BCUT2D eigenvalue weighted by Gasteiger charge is 2.19. The number of furan rings is 1. The van der Waals surface area contributed by atoms with Crippen molar-refractivity contribution in [2.75, 3.05) is 11.3 Å². The molecule has 2 N–H and O–H groups in total. The van der Waals surface area contributed by atoms with Gasteiger partial charge in [-0.25, -0.2) is 13.2 Å². The molecule has 8 heteroatoms. The molecule has 2 aromatic carbocycles. The third kappa shape index (κ3) is 3.36. The lowest BCUT2D eigenvalue weighted by Gasteiger charge is -2.09. The van der Waals surface area contributed by atoms with E-state index in [0.29, 0.717) is 23.3 Å². The van der Waals surface area contributed by atoms with Gasteiger partial charge in [-0.1, -0.05) is 0 Å². The van der Waals surface area contributed by atoms with Crippen molar-refractivity contribution in [3.05, 3.63) is 53.8 Å². The molecule has 0 spiro atoms. The van der Waals surface area contributed by atoms with Crippen LogP contribution in [0.1, 0.15) is 23.0 Å². The SMILES string of the molecule is CCOc1ccc(S(=O)(=O)Nc2ccc3oc(C)c(C(=O)O)c3c2)cc1. The monoisotopic (exact) mass is 375 g/mol. The third-order valence-electron chi connectivity index (χ3n) is 3.78. The van der Waals surface area contributed by atoms with Gasteiger partial charge in [0.15, 0.2) is 0 Å². The molecule has 26 heavy (non-hydrogen) atoms. The van der Waals surface area contributed by atoms with Gasteiger partial charge in [0.2, 0.25) is 0 Å². The summed E-state index contributed by atoms with van der Waals surface area (Å²) in [6.07, 6.45) is 0. The molecule has 0 aliphatic carbocycles. The first-order valence-electron chi connectivity index (χ1n) is 7.84. The molecule has 7 nitrogen and oxygen atoms in total. The average Bonchev–Trinajstić information content (AvgIpc) is 2.90. The summed E-state index contributed by atoms with van der Waals surface area (Å²) in [7, 11) is -3.82. The smallest absolute Gasteiger partial charge is 0.339 e. The molecule has 0 fully saturated rings. The van der Waals surface area contributed by atoms with Crippen LogP contribution in [0.5, 0.6) is 5.75 Å². The number of sulfonamides is 1. The Morgan fingerprint density at radius 3 is 2.50 bits per heavy atom. The molecule has 3 aromatic rings. The van der Waals surface area contributed by atoms with Crippen LogP contribution in [0.4, 0.5) is 5.69 Å². The summed E-state index contributed by atoms with van der Waals surface area (Å²) in [6.45, 7) is 3.87. The van der Waals surface area contributed by atoms with Crippen molar-refractivity contribution in [2.45, 2.75) is 18.7 Å². The van der Waals surface area contributed by atoms with Crippen LogP contribution < -0.4 is 9.46 Å². The Labute approximate surface area is 150 Å². The van der Waals surface area contributed by atoms with Crippen molar-refractivity contribution in [1.82, 2.24) is 0 Å². The van der Waals surface area contributed by atoms with E-state index in [1.54, 1.807) is 19.1 Å². The van der Waals surface area contributed by atoms with Crippen molar-refractivity contribution in [3.63, 3.8) is 0 Å². The molecule has 1 aromatic heterocycles. The number of hydrogen-bond donors (Lipinski definition) is 2.